The summed E-state index contributed by atoms with van der Waals surface area (Å²) in [5.41, 5.74) is 3.84. The fraction of sp³-hybridized carbons (Fsp3) is 0.120. The summed E-state index contributed by atoms with van der Waals surface area (Å²) < 4.78 is 7.22. The number of ether oxygens (including phenoxy) is 1. The summed E-state index contributed by atoms with van der Waals surface area (Å²) in [6.07, 6.45) is 0. The Morgan fingerprint density at radius 2 is 1.81 bits per heavy atom. The van der Waals surface area contributed by atoms with Crippen molar-refractivity contribution >= 4 is 67.9 Å². The van der Waals surface area contributed by atoms with Crippen molar-refractivity contribution in [1.82, 2.24) is 14.6 Å². The molecule has 1 N–H and O–H groups in total. The van der Waals surface area contributed by atoms with E-state index in [0.717, 1.165) is 21.8 Å². The Balaban J connectivity index is 1.36. The van der Waals surface area contributed by atoms with Gasteiger partial charge in [-0.15, -0.1) is 32.9 Å². The van der Waals surface area contributed by atoms with Gasteiger partial charge in [-0.25, -0.2) is 4.79 Å². The largest absolute Gasteiger partial charge is 0.462 e. The molecule has 36 heavy (non-hydrogen) atoms. The van der Waals surface area contributed by atoms with Crippen LogP contribution in [0.1, 0.15) is 17.3 Å². The van der Waals surface area contributed by atoms with E-state index in [1.165, 1.54) is 34.4 Å². The summed E-state index contributed by atoms with van der Waals surface area (Å²) in [6.45, 7) is 1.97. The first kappa shape index (κ1) is 24.5. The third-order valence-electron chi connectivity index (χ3n) is 5.20. The monoisotopic (exact) mass is 554 g/mol. The summed E-state index contributed by atoms with van der Waals surface area (Å²) in [4.78, 5) is 26.5. The fourth-order valence-corrected chi connectivity index (χ4v) is 6.33. The van der Waals surface area contributed by atoms with Crippen molar-refractivity contribution in [1.29, 1.82) is 0 Å². The number of benzene rings is 2. The van der Waals surface area contributed by atoms with Crippen LogP contribution < -0.4 is 5.32 Å². The first-order chi connectivity index (χ1) is 17.5. The second-order valence-corrected chi connectivity index (χ2v) is 10.6. The van der Waals surface area contributed by atoms with Crippen LogP contribution in [0.5, 0.6) is 0 Å². The summed E-state index contributed by atoms with van der Waals surface area (Å²) in [5.74, 6) is -0.652. The maximum atomic E-state index is 12.9. The number of carbonyl (C=O) groups is 2. The Kier molecular flexibility index (Phi) is 7.38. The Bertz CT molecular complexity index is 1530. The molecule has 5 aromatic rings. The van der Waals surface area contributed by atoms with E-state index in [0.29, 0.717) is 26.3 Å². The topological polar surface area (TPSA) is 85.6 Å². The van der Waals surface area contributed by atoms with Crippen LogP contribution in [0.15, 0.2) is 70.5 Å². The van der Waals surface area contributed by atoms with Gasteiger partial charge in [-0.1, -0.05) is 65.8 Å². The highest BCUT2D eigenvalue weighted by Crippen LogP contribution is 2.37. The van der Waals surface area contributed by atoms with Crippen LogP contribution in [-0.4, -0.2) is 38.8 Å². The van der Waals surface area contributed by atoms with E-state index < -0.39 is 5.97 Å². The molecule has 3 heterocycles. The van der Waals surface area contributed by atoms with E-state index in [4.69, 9.17) is 16.3 Å². The van der Waals surface area contributed by atoms with Crippen LogP contribution in [0.3, 0.4) is 0 Å². The number of hydrogen-bond acceptors (Lipinski definition) is 8. The zero-order valence-corrected chi connectivity index (χ0v) is 22.1. The zero-order valence-electron chi connectivity index (χ0n) is 18.9. The number of aromatic nitrogens is 3. The van der Waals surface area contributed by atoms with Gasteiger partial charge in [-0.05, 0) is 30.2 Å². The lowest BCUT2D eigenvalue weighted by atomic mass is 10.0. The number of nitrogens with zero attached hydrogens (tertiary/aromatic N) is 3. The molecule has 3 aromatic heterocycles. The molecule has 2 aromatic carbocycles. The Labute approximate surface area is 224 Å². The highest BCUT2D eigenvalue weighted by molar-refractivity contribution is 7.99. The summed E-state index contributed by atoms with van der Waals surface area (Å²) in [6, 6.07) is 17.1. The van der Waals surface area contributed by atoms with Gasteiger partial charge in [0.1, 0.15) is 10.6 Å². The van der Waals surface area contributed by atoms with Crippen molar-refractivity contribution in [2.24, 2.45) is 0 Å². The third kappa shape index (κ3) is 5.03. The van der Waals surface area contributed by atoms with Gasteiger partial charge < -0.3 is 10.1 Å². The summed E-state index contributed by atoms with van der Waals surface area (Å²) in [5, 5.41) is 16.9. The Hall–Kier alpha value is -3.18. The van der Waals surface area contributed by atoms with Crippen LogP contribution >= 0.6 is 46.0 Å². The quantitative estimate of drug-likeness (QED) is 0.169. The molecule has 0 aliphatic carbocycles. The second kappa shape index (κ2) is 10.8. The first-order valence-electron chi connectivity index (χ1n) is 10.9. The normalized spacial score (nSPS) is 11.1. The SMILES string of the molecule is CCOC(=O)c1c(-c2ccc(Cl)cc2)csc1NC(=O)CSc1nnc2scc(-c3ccccc3)n12. The molecule has 0 unspecified atom stereocenters. The predicted molar refractivity (Wildman–Crippen MR) is 146 cm³/mol. The van der Waals surface area contributed by atoms with Gasteiger partial charge in [0, 0.05) is 21.3 Å². The number of thioether (sulfide) groups is 1. The summed E-state index contributed by atoms with van der Waals surface area (Å²) >= 11 is 10.1. The van der Waals surface area contributed by atoms with E-state index >= 15 is 0 Å². The highest BCUT2D eigenvalue weighted by Gasteiger charge is 2.23. The standard InChI is InChI=1S/C25H19ClN4O3S3/c1-2-33-23(32)21-18(15-8-10-17(26)11-9-15)12-34-22(21)27-20(31)14-36-25-29-28-24-30(25)19(13-35-24)16-6-4-3-5-7-16/h3-13H,2,14H2,1H3,(H,27,31). The molecule has 0 saturated heterocycles. The first-order valence-corrected chi connectivity index (χ1v) is 14.0. The molecule has 0 atom stereocenters. The zero-order chi connectivity index (χ0) is 25.1. The number of amides is 1. The Morgan fingerprint density at radius 3 is 2.56 bits per heavy atom. The van der Waals surface area contributed by atoms with Crippen LogP contribution in [0.2, 0.25) is 5.02 Å². The number of esters is 1. The van der Waals surface area contributed by atoms with Gasteiger partial charge in [0.05, 0.1) is 18.1 Å². The Morgan fingerprint density at radius 1 is 1.03 bits per heavy atom. The number of halogens is 1. The van der Waals surface area contributed by atoms with Crippen molar-refractivity contribution in [3.63, 3.8) is 0 Å². The number of thiazole rings is 1. The molecule has 7 nitrogen and oxygen atoms in total. The molecule has 0 fully saturated rings. The van der Waals surface area contributed by atoms with Crippen molar-refractivity contribution in [3.05, 3.63) is 75.9 Å². The van der Waals surface area contributed by atoms with Crippen molar-refractivity contribution in [2.45, 2.75) is 12.1 Å². The fourth-order valence-electron chi connectivity index (χ4n) is 3.59. The van der Waals surface area contributed by atoms with E-state index in [2.05, 4.69) is 15.5 Å². The number of nitrogens with one attached hydrogen (secondary N) is 1. The number of rotatable bonds is 8. The number of thiophene rings is 1. The number of carbonyl (C=O) groups excluding carboxylic acids is 2. The van der Waals surface area contributed by atoms with Gasteiger partial charge in [0.15, 0.2) is 5.16 Å². The molecule has 1 amide bonds. The molecular weight excluding hydrogens is 536 g/mol. The molecule has 0 saturated carbocycles. The van der Waals surface area contributed by atoms with Crippen molar-refractivity contribution in [2.75, 3.05) is 17.7 Å². The molecule has 0 aliphatic rings. The molecule has 0 bridgehead atoms. The molecular formula is C25H19ClN4O3S3. The lowest BCUT2D eigenvalue weighted by molar-refractivity contribution is -0.113. The molecule has 0 radical (unpaired) electrons. The molecule has 0 aliphatic heterocycles. The maximum absolute atomic E-state index is 12.9. The minimum Gasteiger partial charge on any atom is -0.462 e. The molecule has 0 spiro atoms. The molecule has 11 heteroatoms. The number of anilines is 1. The van der Waals surface area contributed by atoms with Gasteiger partial charge in [0.25, 0.3) is 0 Å². The van der Waals surface area contributed by atoms with Crippen LogP contribution in [0.4, 0.5) is 5.00 Å². The highest BCUT2D eigenvalue weighted by atomic mass is 35.5. The number of fused-ring (bicyclic) bond motifs is 1. The lowest BCUT2D eigenvalue weighted by Gasteiger charge is -2.09. The lowest BCUT2D eigenvalue weighted by Crippen LogP contribution is -2.16. The average molecular weight is 555 g/mol. The molecule has 182 valence electrons. The number of hydrogen-bond donors (Lipinski definition) is 1. The van der Waals surface area contributed by atoms with Gasteiger partial charge >= 0.3 is 5.97 Å². The minimum atomic E-state index is -0.489. The van der Waals surface area contributed by atoms with Crippen LogP contribution in [0.25, 0.3) is 27.3 Å². The van der Waals surface area contributed by atoms with E-state index in [9.17, 15) is 9.59 Å². The summed E-state index contributed by atoms with van der Waals surface area (Å²) in [7, 11) is 0. The molecule has 5 rings (SSSR count). The smallest absolute Gasteiger partial charge is 0.341 e. The van der Waals surface area contributed by atoms with E-state index in [1.807, 2.05) is 57.6 Å². The van der Waals surface area contributed by atoms with Gasteiger partial charge in [-0.3, -0.25) is 9.20 Å². The maximum Gasteiger partial charge on any atom is 0.341 e. The van der Waals surface area contributed by atoms with Gasteiger partial charge in [0.2, 0.25) is 10.9 Å². The minimum absolute atomic E-state index is 0.0985. The van der Waals surface area contributed by atoms with E-state index in [-0.39, 0.29) is 18.3 Å². The van der Waals surface area contributed by atoms with Gasteiger partial charge in [-0.2, -0.15) is 0 Å². The predicted octanol–water partition coefficient (Wildman–Crippen LogP) is 6.75. The van der Waals surface area contributed by atoms with Crippen LogP contribution in [0, 0.1) is 0 Å². The van der Waals surface area contributed by atoms with E-state index in [1.54, 1.807) is 19.1 Å². The van der Waals surface area contributed by atoms with Crippen LogP contribution in [-0.2, 0) is 9.53 Å². The van der Waals surface area contributed by atoms with Crippen molar-refractivity contribution < 1.29 is 14.3 Å². The average Bonchev–Trinajstić information content (AvgIpc) is 3.60. The second-order valence-electron chi connectivity index (χ2n) is 7.51. The van der Waals surface area contributed by atoms with Crippen molar-refractivity contribution in [3.8, 4) is 22.4 Å². The third-order valence-corrected chi connectivity index (χ3v) is 8.09.